The number of hydrogen-bond donors (Lipinski definition) is 1. The summed E-state index contributed by atoms with van der Waals surface area (Å²) in [4.78, 5) is 13.8. The highest BCUT2D eigenvalue weighted by atomic mass is 16.2. The van der Waals surface area contributed by atoms with Crippen LogP contribution in [0.4, 0.5) is 5.69 Å². The van der Waals surface area contributed by atoms with Gasteiger partial charge in [-0.05, 0) is 38.5 Å². The number of hydrogen-bond acceptors (Lipinski definition) is 2. The molecule has 1 amide bonds. The molecule has 0 fully saturated rings. The highest BCUT2D eigenvalue weighted by Crippen LogP contribution is 2.22. The topological polar surface area (TPSA) is 46.3 Å². The molecule has 0 aliphatic heterocycles. The number of anilines is 1. The van der Waals surface area contributed by atoms with Gasteiger partial charge in [0.15, 0.2) is 0 Å². The molecule has 0 bridgehead atoms. The van der Waals surface area contributed by atoms with E-state index in [-0.39, 0.29) is 5.91 Å². The van der Waals surface area contributed by atoms with Crippen LogP contribution < -0.4 is 10.6 Å². The van der Waals surface area contributed by atoms with E-state index in [0.717, 1.165) is 11.3 Å². The van der Waals surface area contributed by atoms with Crippen LogP contribution in [-0.4, -0.2) is 19.5 Å². The van der Waals surface area contributed by atoms with Gasteiger partial charge in [-0.15, -0.1) is 0 Å². The number of nitrogens with zero attached hydrogens (tertiary/aromatic N) is 1. The molecule has 1 rings (SSSR count). The Bertz CT molecular complexity index is 385. The molecule has 1 aromatic carbocycles. The Labute approximate surface area is 97.2 Å². The summed E-state index contributed by atoms with van der Waals surface area (Å²) >= 11 is 0. The van der Waals surface area contributed by atoms with E-state index in [1.165, 1.54) is 0 Å². The van der Waals surface area contributed by atoms with Crippen molar-refractivity contribution < 1.29 is 4.79 Å². The van der Waals surface area contributed by atoms with Crippen LogP contribution in [0.25, 0.3) is 0 Å². The van der Waals surface area contributed by atoms with Gasteiger partial charge in [-0.1, -0.05) is 12.1 Å². The van der Waals surface area contributed by atoms with E-state index < -0.39 is 5.41 Å². The Morgan fingerprint density at radius 3 is 2.56 bits per heavy atom. The summed E-state index contributed by atoms with van der Waals surface area (Å²) in [7, 11) is 1.79. The molecule has 0 heterocycles. The Kier molecular flexibility index (Phi) is 3.70. The standard InChI is InChI=1S/C13H20N2O/c1-10-6-5-7-11(8-10)15(4)12(16)13(2,3)9-14/h5-8H,9,14H2,1-4H3. The van der Waals surface area contributed by atoms with Crippen LogP contribution in [0.2, 0.25) is 0 Å². The highest BCUT2D eigenvalue weighted by Gasteiger charge is 2.29. The molecule has 0 saturated heterocycles. The summed E-state index contributed by atoms with van der Waals surface area (Å²) in [6.07, 6.45) is 0. The second-order valence-corrected chi connectivity index (χ2v) is 4.79. The zero-order valence-electron chi connectivity index (χ0n) is 10.4. The second-order valence-electron chi connectivity index (χ2n) is 4.79. The SMILES string of the molecule is Cc1cccc(N(C)C(=O)C(C)(C)CN)c1. The van der Waals surface area contributed by atoms with Crippen molar-refractivity contribution in [2.45, 2.75) is 20.8 Å². The fraction of sp³-hybridized carbons (Fsp3) is 0.462. The molecule has 16 heavy (non-hydrogen) atoms. The van der Waals surface area contributed by atoms with Crippen LogP contribution in [0.5, 0.6) is 0 Å². The molecule has 0 aromatic heterocycles. The van der Waals surface area contributed by atoms with Crippen molar-refractivity contribution in [1.82, 2.24) is 0 Å². The Hall–Kier alpha value is -1.35. The molecule has 2 N–H and O–H groups in total. The van der Waals surface area contributed by atoms with Crippen molar-refractivity contribution in [3.63, 3.8) is 0 Å². The molecule has 0 radical (unpaired) electrons. The number of benzene rings is 1. The van der Waals surface area contributed by atoms with Crippen LogP contribution in [0.1, 0.15) is 19.4 Å². The quantitative estimate of drug-likeness (QED) is 0.846. The van der Waals surface area contributed by atoms with E-state index in [1.54, 1.807) is 11.9 Å². The third kappa shape index (κ3) is 2.61. The molecule has 3 heteroatoms. The number of aryl methyl sites for hydroxylation is 1. The van der Waals surface area contributed by atoms with E-state index >= 15 is 0 Å². The molecule has 0 unspecified atom stereocenters. The molecule has 0 aliphatic carbocycles. The Morgan fingerprint density at radius 2 is 2.06 bits per heavy atom. The van der Waals surface area contributed by atoms with E-state index in [4.69, 9.17) is 5.73 Å². The first-order valence-corrected chi connectivity index (χ1v) is 5.43. The molecule has 0 atom stereocenters. The van der Waals surface area contributed by atoms with Crippen molar-refractivity contribution in [3.8, 4) is 0 Å². The van der Waals surface area contributed by atoms with Crippen molar-refractivity contribution in [3.05, 3.63) is 29.8 Å². The van der Waals surface area contributed by atoms with E-state index in [9.17, 15) is 4.79 Å². The summed E-state index contributed by atoms with van der Waals surface area (Å²) in [5.41, 5.74) is 7.14. The monoisotopic (exact) mass is 220 g/mol. The smallest absolute Gasteiger partial charge is 0.233 e. The largest absolute Gasteiger partial charge is 0.329 e. The lowest BCUT2D eigenvalue weighted by molar-refractivity contribution is -0.125. The fourth-order valence-electron chi connectivity index (χ4n) is 1.50. The molecule has 0 saturated carbocycles. The molecular formula is C13H20N2O. The first-order chi connectivity index (χ1) is 7.38. The molecule has 1 aromatic rings. The van der Waals surface area contributed by atoms with Crippen molar-refractivity contribution >= 4 is 11.6 Å². The third-order valence-corrected chi connectivity index (χ3v) is 2.78. The van der Waals surface area contributed by atoms with Gasteiger partial charge in [0.25, 0.3) is 0 Å². The van der Waals surface area contributed by atoms with Gasteiger partial charge in [0.05, 0.1) is 5.41 Å². The van der Waals surface area contributed by atoms with Crippen LogP contribution in [-0.2, 0) is 4.79 Å². The number of carbonyl (C=O) groups is 1. The van der Waals surface area contributed by atoms with Gasteiger partial charge in [0.1, 0.15) is 0 Å². The summed E-state index contributed by atoms with van der Waals surface area (Å²) in [6, 6.07) is 7.88. The maximum atomic E-state index is 12.2. The average molecular weight is 220 g/mol. The summed E-state index contributed by atoms with van der Waals surface area (Å²) < 4.78 is 0. The minimum absolute atomic E-state index is 0.0422. The maximum absolute atomic E-state index is 12.2. The Balaban J connectivity index is 2.95. The summed E-state index contributed by atoms with van der Waals surface area (Å²) in [5, 5.41) is 0. The zero-order valence-corrected chi connectivity index (χ0v) is 10.4. The number of nitrogens with two attached hydrogens (primary N) is 1. The molecule has 88 valence electrons. The van der Waals surface area contributed by atoms with Crippen LogP contribution in [0, 0.1) is 12.3 Å². The van der Waals surface area contributed by atoms with E-state index in [2.05, 4.69) is 0 Å². The maximum Gasteiger partial charge on any atom is 0.233 e. The minimum Gasteiger partial charge on any atom is -0.329 e. The van der Waals surface area contributed by atoms with E-state index in [0.29, 0.717) is 6.54 Å². The van der Waals surface area contributed by atoms with Crippen molar-refractivity contribution in [1.29, 1.82) is 0 Å². The first kappa shape index (κ1) is 12.7. The lowest BCUT2D eigenvalue weighted by Crippen LogP contribution is -2.42. The zero-order chi connectivity index (χ0) is 12.3. The van der Waals surface area contributed by atoms with Gasteiger partial charge in [-0.25, -0.2) is 0 Å². The van der Waals surface area contributed by atoms with Gasteiger partial charge >= 0.3 is 0 Å². The van der Waals surface area contributed by atoms with E-state index in [1.807, 2.05) is 45.0 Å². The van der Waals surface area contributed by atoms with Gasteiger partial charge in [-0.2, -0.15) is 0 Å². The predicted molar refractivity (Wildman–Crippen MR) is 67.4 cm³/mol. The fourth-order valence-corrected chi connectivity index (χ4v) is 1.50. The number of amides is 1. The van der Waals surface area contributed by atoms with Gasteiger partial charge in [0, 0.05) is 19.3 Å². The predicted octanol–water partition coefficient (Wildman–Crippen LogP) is 1.94. The summed E-state index contributed by atoms with van der Waals surface area (Å²) in [6.45, 7) is 6.08. The van der Waals surface area contributed by atoms with Crippen molar-refractivity contribution in [2.75, 3.05) is 18.5 Å². The van der Waals surface area contributed by atoms with Crippen LogP contribution in [0.3, 0.4) is 0 Å². The molecule has 0 aliphatic rings. The van der Waals surface area contributed by atoms with Crippen molar-refractivity contribution in [2.24, 2.45) is 11.1 Å². The average Bonchev–Trinajstić information content (AvgIpc) is 2.27. The highest BCUT2D eigenvalue weighted by molar-refractivity contribution is 5.96. The molecular weight excluding hydrogens is 200 g/mol. The first-order valence-electron chi connectivity index (χ1n) is 5.43. The number of carbonyl (C=O) groups excluding carboxylic acids is 1. The third-order valence-electron chi connectivity index (χ3n) is 2.78. The minimum atomic E-state index is -0.515. The van der Waals surface area contributed by atoms with Gasteiger partial charge in [-0.3, -0.25) is 4.79 Å². The van der Waals surface area contributed by atoms with Crippen LogP contribution >= 0.6 is 0 Å². The van der Waals surface area contributed by atoms with Crippen LogP contribution in [0.15, 0.2) is 24.3 Å². The lowest BCUT2D eigenvalue weighted by atomic mass is 9.92. The Morgan fingerprint density at radius 1 is 1.44 bits per heavy atom. The van der Waals surface area contributed by atoms with Gasteiger partial charge < -0.3 is 10.6 Å². The molecule has 0 spiro atoms. The van der Waals surface area contributed by atoms with Gasteiger partial charge in [0.2, 0.25) is 5.91 Å². The molecule has 3 nitrogen and oxygen atoms in total. The summed E-state index contributed by atoms with van der Waals surface area (Å²) in [5.74, 6) is 0.0422. The number of rotatable bonds is 3. The normalized spacial score (nSPS) is 11.3. The lowest BCUT2D eigenvalue weighted by Gasteiger charge is -2.28. The second kappa shape index (κ2) is 4.66.